The molecule has 0 atom stereocenters. The lowest BCUT2D eigenvalue weighted by atomic mass is 10.2. The average molecular weight is 335 g/mol. The Kier molecular flexibility index (Phi) is 6.72. The standard InChI is InChI=1S/C17H19ClN2O3/c1-22-12-13-4-2-3-5-16(13)20-17(21)19-10-11-23-15-8-6-14(18)7-9-15/h2-9H,10-12H2,1H3,(H2,19,20,21). The smallest absolute Gasteiger partial charge is 0.319 e. The third kappa shape index (κ3) is 5.81. The molecule has 122 valence electrons. The summed E-state index contributed by atoms with van der Waals surface area (Å²) in [6, 6.07) is 14.3. The van der Waals surface area contributed by atoms with Gasteiger partial charge in [-0.1, -0.05) is 29.8 Å². The van der Waals surface area contributed by atoms with Gasteiger partial charge in [0.15, 0.2) is 0 Å². The molecule has 2 N–H and O–H groups in total. The molecule has 5 nitrogen and oxygen atoms in total. The quantitative estimate of drug-likeness (QED) is 0.759. The van der Waals surface area contributed by atoms with Crippen LogP contribution in [0, 0.1) is 0 Å². The van der Waals surface area contributed by atoms with Crippen LogP contribution in [0.4, 0.5) is 10.5 Å². The van der Waals surface area contributed by atoms with E-state index >= 15 is 0 Å². The summed E-state index contributed by atoms with van der Waals surface area (Å²) in [5, 5.41) is 6.20. The maximum atomic E-state index is 11.9. The first-order chi connectivity index (χ1) is 11.2. The molecule has 0 unspecified atom stereocenters. The number of benzene rings is 2. The number of halogens is 1. The predicted octanol–water partition coefficient (Wildman–Crippen LogP) is 3.69. The molecule has 0 saturated carbocycles. The van der Waals surface area contributed by atoms with Gasteiger partial charge in [-0.25, -0.2) is 4.79 Å². The van der Waals surface area contributed by atoms with Gasteiger partial charge in [-0.3, -0.25) is 0 Å². The normalized spacial score (nSPS) is 10.2. The van der Waals surface area contributed by atoms with Gasteiger partial charge in [-0.2, -0.15) is 0 Å². The Morgan fingerprint density at radius 3 is 2.61 bits per heavy atom. The van der Waals surface area contributed by atoms with E-state index in [4.69, 9.17) is 21.1 Å². The van der Waals surface area contributed by atoms with E-state index in [0.29, 0.717) is 30.5 Å². The van der Waals surface area contributed by atoms with Crippen molar-refractivity contribution in [1.82, 2.24) is 5.32 Å². The van der Waals surface area contributed by atoms with Gasteiger partial charge in [0.2, 0.25) is 0 Å². The fraction of sp³-hybridized carbons (Fsp3) is 0.235. The lowest BCUT2D eigenvalue weighted by Crippen LogP contribution is -2.32. The van der Waals surface area contributed by atoms with E-state index in [-0.39, 0.29) is 6.03 Å². The third-order valence-corrected chi connectivity index (χ3v) is 3.29. The van der Waals surface area contributed by atoms with E-state index in [2.05, 4.69) is 10.6 Å². The van der Waals surface area contributed by atoms with Crippen LogP contribution in [0.25, 0.3) is 0 Å². The summed E-state index contributed by atoms with van der Waals surface area (Å²) < 4.78 is 10.6. The molecule has 2 amide bonds. The number of hydrogen-bond acceptors (Lipinski definition) is 3. The highest BCUT2D eigenvalue weighted by Crippen LogP contribution is 2.16. The molecule has 0 aliphatic rings. The molecular formula is C17H19ClN2O3. The van der Waals surface area contributed by atoms with Crippen molar-refractivity contribution in [1.29, 1.82) is 0 Å². The van der Waals surface area contributed by atoms with E-state index in [0.717, 1.165) is 11.3 Å². The molecule has 0 aliphatic carbocycles. The van der Waals surface area contributed by atoms with E-state index in [1.807, 2.05) is 24.3 Å². The van der Waals surface area contributed by atoms with E-state index in [1.165, 1.54) is 0 Å². The maximum absolute atomic E-state index is 11.9. The first-order valence-corrected chi connectivity index (χ1v) is 7.57. The number of hydrogen-bond donors (Lipinski definition) is 2. The van der Waals surface area contributed by atoms with Crippen LogP contribution in [0.15, 0.2) is 48.5 Å². The second-order valence-electron chi connectivity index (χ2n) is 4.77. The molecule has 2 aromatic carbocycles. The number of nitrogens with one attached hydrogen (secondary N) is 2. The second kappa shape index (κ2) is 9.02. The lowest BCUT2D eigenvalue weighted by molar-refractivity contribution is 0.185. The molecule has 0 aromatic heterocycles. The number of carbonyl (C=O) groups excluding carboxylic acids is 1. The van der Waals surface area contributed by atoms with Gasteiger partial charge in [0.25, 0.3) is 0 Å². The molecule has 0 bridgehead atoms. The number of anilines is 1. The highest BCUT2D eigenvalue weighted by atomic mass is 35.5. The minimum absolute atomic E-state index is 0.284. The molecular weight excluding hydrogens is 316 g/mol. The molecule has 23 heavy (non-hydrogen) atoms. The van der Waals surface area contributed by atoms with Crippen LogP contribution in [0.5, 0.6) is 5.75 Å². The number of para-hydroxylation sites is 1. The highest BCUT2D eigenvalue weighted by molar-refractivity contribution is 6.30. The molecule has 0 aliphatic heterocycles. The van der Waals surface area contributed by atoms with Gasteiger partial charge in [0, 0.05) is 23.4 Å². The Labute approximate surface area is 140 Å². The minimum Gasteiger partial charge on any atom is -0.492 e. The van der Waals surface area contributed by atoms with Gasteiger partial charge in [-0.05, 0) is 30.3 Å². The van der Waals surface area contributed by atoms with Crippen LogP contribution in [-0.2, 0) is 11.3 Å². The first-order valence-electron chi connectivity index (χ1n) is 7.19. The SMILES string of the molecule is COCc1ccccc1NC(=O)NCCOc1ccc(Cl)cc1. The van der Waals surface area contributed by atoms with Gasteiger partial charge in [0.05, 0.1) is 13.2 Å². The number of urea groups is 1. The fourth-order valence-electron chi connectivity index (χ4n) is 1.95. The van der Waals surface area contributed by atoms with Crippen molar-refractivity contribution in [3.63, 3.8) is 0 Å². The van der Waals surface area contributed by atoms with Gasteiger partial charge in [0.1, 0.15) is 12.4 Å². The second-order valence-corrected chi connectivity index (χ2v) is 5.21. The highest BCUT2D eigenvalue weighted by Gasteiger charge is 2.05. The summed E-state index contributed by atoms with van der Waals surface area (Å²) in [4.78, 5) is 11.9. The zero-order valence-electron chi connectivity index (χ0n) is 12.8. The molecule has 0 saturated heterocycles. The molecule has 6 heteroatoms. The lowest BCUT2D eigenvalue weighted by Gasteiger charge is -2.12. The summed E-state index contributed by atoms with van der Waals surface area (Å²) in [5.41, 5.74) is 1.65. The van der Waals surface area contributed by atoms with Crippen LogP contribution < -0.4 is 15.4 Å². The molecule has 0 heterocycles. The Balaban J connectivity index is 1.74. The Morgan fingerprint density at radius 1 is 1.13 bits per heavy atom. The zero-order chi connectivity index (χ0) is 16.5. The summed E-state index contributed by atoms with van der Waals surface area (Å²) >= 11 is 5.80. The number of ether oxygens (including phenoxy) is 2. The summed E-state index contributed by atoms with van der Waals surface area (Å²) in [5.74, 6) is 0.710. The van der Waals surface area contributed by atoms with Crippen molar-refractivity contribution in [2.75, 3.05) is 25.6 Å². The number of carbonyl (C=O) groups is 1. The van der Waals surface area contributed by atoms with E-state index in [1.54, 1.807) is 31.4 Å². The fourth-order valence-corrected chi connectivity index (χ4v) is 2.08. The largest absolute Gasteiger partial charge is 0.492 e. The average Bonchev–Trinajstić information content (AvgIpc) is 2.55. The van der Waals surface area contributed by atoms with Crippen LogP contribution in [0.2, 0.25) is 5.02 Å². The maximum Gasteiger partial charge on any atom is 0.319 e. The van der Waals surface area contributed by atoms with E-state index < -0.39 is 0 Å². The van der Waals surface area contributed by atoms with Crippen LogP contribution >= 0.6 is 11.6 Å². The summed E-state index contributed by atoms with van der Waals surface area (Å²) in [7, 11) is 1.62. The van der Waals surface area contributed by atoms with Crippen LogP contribution in [0.1, 0.15) is 5.56 Å². The topological polar surface area (TPSA) is 59.6 Å². The van der Waals surface area contributed by atoms with Crippen LogP contribution in [0.3, 0.4) is 0 Å². The summed E-state index contributed by atoms with van der Waals surface area (Å²) in [6.07, 6.45) is 0. The number of amides is 2. The number of rotatable bonds is 7. The third-order valence-electron chi connectivity index (χ3n) is 3.04. The monoisotopic (exact) mass is 334 g/mol. The molecule has 2 rings (SSSR count). The molecule has 0 spiro atoms. The Bertz CT molecular complexity index is 632. The van der Waals surface area contributed by atoms with Gasteiger partial charge >= 0.3 is 6.03 Å². The molecule has 0 fully saturated rings. The van der Waals surface area contributed by atoms with E-state index in [9.17, 15) is 4.79 Å². The number of methoxy groups -OCH3 is 1. The Hall–Kier alpha value is -2.24. The van der Waals surface area contributed by atoms with Gasteiger partial charge in [-0.15, -0.1) is 0 Å². The van der Waals surface area contributed by atoms with Gasteiger partial charge < -0.3 is 20.1 Å². The zero-order valence-corrected chi connectivity index (χ0v) is 13.6. The van der Waals surface area contributed by atoms with Crippen molar-refractivity contribution >= 4 is 23.3 Å². The van der Waals surface area contributed by atoms with Crippen molar-refractivity contribution in [3.05, 3.63) is 59.1 Å². The van der Waals surface area contributed by atoms with Crippen molar-refractivity contribution < 1.29 is 14.3 Å². The molecule has 2 aromatic rings. The van der Waals surface area contributed by atoms with Crippen molar-refractivity contribution in [2.24, 2.45) is 0 Å². The first kappa shape index (κ1) is 17.1. The Morgan fingerprint density at radius 2 is 1.87 bits per heavy atom. The van der Waals surface area contributed by atoms with Crippen LogP contribution in [-0.4, -0.2) is 26.3 Å². The van der Waals surface area contributed by atoms with Crippen molar-refractivity contribution in [3.8, 4) is 5.75 Å². The minimum atomic E-state index is -0.284. The van der Waals surface area contributed by atoms with Crippen molar-refractivity contribution in [2.45, 2.75) is 6.61 Å². The molecule has 0 radical (unpaired) electrons. The predicted molar refractivity (Wildman–Crippen MR) is 91.1 cm³/mol. The summed E-state index contributed by atoms with van der Waals surface area (Å²) in [6.45, 7) is 1.20.